The van der Waals surface area contributed by atoms with E-state index in [1.165, 1.54) is 11.8 Å². The smallest absolute Gasteiger partial charge is 0.316 e. The molecule has 1 heterocycles. The van der Waals surface area contributed by atoms with Crippen LogP contribution in [0.2, 0.25) is 0 Å². The van der Waals surface area contributed by atoms with Crippen molar-refractivity contribution in [3.05, 3.63) is 0 Å². The largest absolute Gasteiger partial charge is 0.465 e. The third kappa shape index (κ3) is 4.21. The summed E-state index contributed by atoms with van der Waals surface area (Å²) in [6.07, 6.45) is 1.91. The predicted molar refractivity (Wildman–Crippen MR) is 71.4 cm³/mol. The minimum absolute atomic E-state index is 0.165. The molecule has 2 N–H and O–H groups in total. The van der Waals surface area contributed by atoms with Gasteiger partial charge in [0.05, 0.1) is 12.4 Å². The van der Waals surface area contributed by atoms with E-state index in [1.54, 1.807) is 4.57 Å². The van der Waals surface area contributed by atoms with Crippen molar-refractivity contribution in [2.75, 3.05) is 18.1 Å². The molecule has 0 fully saturated rings. The van der Waals surface area contributed by atoms with Gasteiger partial charge in [0.25, 0.3) is 0 Å². The number of ether oxygens (including phenoxy) is 1. The number of hydrogen-bond donors (Lipinski definition) is 1. The van der Waals surface area contributed by atoms with Gasteiger partial charge < -0.3 is 10.5 Å². The predicted octanol–water partition coefficient (Wildman–Crippen LogP) is 1.88. The number of nitrogens with zero attached hydrogens (tertiary/aromatic N) is 3. The van der Waals surface area contributed by atoms with Gasteiger partial charge in [-0.3, -0.25) is 9.36 Å². The summed E-state index contributed by atoms with van der Waals surface area (Å²) in [5.74, 6) is 0.367. The van der Waals surface area contributed by atoms with Gasteiger partial charge in [0.1, 0.15) is 0 Å². The first-order chi connectivity index (χ1) is 8.56. The molecule has 0 saturated heterocycles. The van der Waals surface area contributed by atoms with Gasteiger partial charge in [0, 0.05) is 6.04 Å². The number of nitrogen functional groups attached to an aromatic ring is 1. The van der Waals surface area contributed by atoms with Crippen LogP contribution < -0.4 is 5.73 Å². The molecule has 0 bridgehead atoms. The Morgan fingerprint density at radius 2 is 2.22 bits per heavy atom. The molecular weight excluding hydrogens is 252 g/mol. The normalized spacial score (nSPS) is 10.9. The summed E-state index contributed by atoms with van der Waals surface area (Å²) in [6.45, 7) is 6.51. The van der Waals surface area contributed by atoms with E-state index in [9.17, 15) is 4.79 Å². The Bertz CT molecular complexity index is 392. The molecule has 7 heteroatoms. The SMILES string of the molecule is CCCCOC(=O)CSc1nnc(N)n1C(C)C. The highest BCUT2D eigenvalue weighted by Gasteiger charge is 2.14. The number of hydrogen-bond acceptors (Lipinski definition) is 6. The molecule has 1 aromatic heterocycles. The van der Waals surface area contributed by atoms with Gasteiger partial charge >= 0.3 is 5.97 Å². The minimum atomic E-state index is -0.231. The molecule has 0 aliphatic heterocycles. The van der Waals surface area contributed by atoms with E-state index < -0.39 is 0 Å². The van der Waals surface area contributed by atoms with E-state index in [2.05, 4.69) is 17.1 Å². The maximum atomic E-state index is 11.4. The van der Waals surface area contributed by atoms with Crippen LogP contribution in [0.15, 0.2) is 5.16 Å². The van der Waals surface area contributed by atoms with Crippen LogP contribution in [0.4, 0.5) is 5.95 Å². The fourth-order valence-corrected chi connectivity index (χ4v) is 2.24. The van der Waals surface area contributed by atoms with Crippen molar-refractivity contribution in [1.29, 1.82) is 0 Å². The van der Waals surface area contributed by atoms with Crippen LogP contribution in [0.3, 0.4) is 0 Å². The molecule has 0 amide bonds. The highest BCUT2D eigenvalue weighted by atomic mass is 32.2. The van der Waals surface area contributed by atoms with E-state index in [-0.39, 0.29) is 17.8 Å². The maximum Gasteiger partial charge on any atom is 0.316 e. The lowest BCUT2D eigenvalue weighted by Gasteiger charge is -2.10. The van der Waals surface area contributed by atoms with Crippen molar-refractivity contribution in [2.24, 2.45) is 0 Å². The number of rotatable bonds is 7. The number of carbonyl (C=O) groups is 1. The Labute approximate surface area is 111 Å². The summed E-state index contributed by atoms with van der Waals surface area (Å²) in [4.78, 5) is 11.4. The number of nitrogens with two attached hydrogens (primary N) is 1. The lowest BCUT2D eigenvalue weighted by molar-refractivity contribution is -0.140. The van der Waals surface area contributed by atoms with Gasteiger partial charge in [-0.2, -0.15) is 0 Å². The van der Waals surface area contributed by atoms with Crippen LogP contribution in [0.25, 0.3) is 0 Å². The molecule has 0 aliphatic rings. The van der Waals surface area contributed by atoms with Crippen molar-refractivity contribution in [3.63, 3.8) is 0 Å². The van der Waals surface area contributed by atoms with Crippen molar-refractivity contribution in [3.8, 4) is 0 Å². The monoisotopic (exact) mass is 272 g/mol. The zero-order chi connectivity index (χ0) is 13.5. The summed E-state index contributed by atoms with van der Waals surface area (Å²) >= 11 is 1.30. The van der Waals surface area contributed by atoms with Crippen LogP contribution in [-0.4, -0.2) is 33.1 Å². The Hall–Kier alpha value is -1.24. The van der Waals surface area contributed by atoms with E-state index in [1.807, 2.05) is 13.8 Å². The van der Waals surface area contributed by atoms with Gasteiger partial charge in [0.2, 0.25) is 5.95 Å². The summed E-state index contributed by atoms with van der Waals surface area (Å²) in [6, 6.07) is 0.165. The van der Waals surface area contributed by atoms with Crippen LogP contribution in [0, 0.1) is 0 Å². The van der Waals surface area contributed by atoms with Crippen LogP contribution in [0.1, 0.15) is 39.7 Å². The number of esters is 1. The number of aromatic nitrogens is 3. The van der Waals surface area contributed by atoms with Gasteiger partial charge in [-0.1, -0.05) is 25.1 Å². The molecule has 0 aliphatic carbocycles. The second-order valence-corrected chi connectivity index (χ2v) is 5.11. The molecule has 0 saturated carbocycles. The third-order valence-electron chi connectivity index (χ3n) is 2.29. The summed E-state index contributed by atoms with van der Waals surface area (Å²) < 4.78 is 6.86. The molecule has 0 radical (unpaired) electrons. The molecule has 6 nitrogen and oxygen atoms in total. The first-order valence-corrected chi connectivity index (χ1v) is 7.03. The van der Waals surface area contributed by atoms with Crippen LogP contribution in [0.5, 0.6) is 0 Å². The molecule has 102 valence electrons. The zero-order valence-corrected chi connectivity index (χ0v) is 11.9. The van der Waals surface area contributed by atoms with E-state index in [0.29, 0.717) is 17.7 Å². The molecule has 1 rings (SSSR count). The van der Waals surface area contributed by atoms with Gasteiger partial charge in [-0.25, -0.2) is 0 Å². The fraction of sp³-hybridized carbons (Fsp3) is 0.727. The Morgan fingerprint density at radius 1 is 1.50 bits per heavy atom. The van der Waals surface area contributed by atoms with E-state index in [4.69, 9.17) is 10.5 Å². The maximum absolute atomic E-state index is 11.4. The molecule has 1 aromatic rings. The topological polar surface area (TPSA) is 83.0 Å². The first kappa shape index (κ1) is 14.8. The summed E-state index contributed by atoms with van der Waals surface area (Å²) in [5, 5.41) is 8.41. The summed E-state index contributed by atoms with van der Waals surface area (Å²) in [5.41, 5.74) is 5.71. The Morgan fingerprint density at radius 3 is 2.83 bits per heavy atom. The molecule has 0 unspecified atom stereocenters. The first-order valence-electron chi connectivity index (χ1n) is 6.05. The minimum Gasteiger partial charge on any atom is -0.465 e. The van der Waals surface area contributed by atoms with Crippen LogP contribution in [-0.2, 0) is 9.53 Å². The van der Waals surface area contributed by atoms with Crippen molar-refractivity contribution in [2.45, 2.75) is 44.8 Å². The number of anilines is 1. The second kappa shape index (κ2) is 7.25. The molecule has 0 spiro atoms. The lowest BCUT2D eigenvalue weighted by Crippen LogP contribution is -2.11. The van der Waals surface area contributed by atoms with Crippen molar-refractivity contribution in [1.82, 2.24) is 14.8 Å². The quantitative estimate of drug-likeness (QED) is 0.463. The Balaban J connectivity index is 2.46. The van der Waals surface area contributed by atoms with E-state index >= 15 is 0 Å². The van der Waals surface area contributed by atoms with Crippen LogP contribution >= 0.6 is 11.8 Å². The van der Waals surface area contributed by atoms with Gasteiger partial charge in [-0.15, -0.1) is 10.2 Å². The number of unbranched alkanes of at least 4 members (excludes halogenated alkanes) is 1. The highest BCUT2D eigenvalue weighted by Crippen LogP contribution is 2.22. The summed E-state index contributed by atoms with van der Waals surface area (Å²) in [7, 11) is 0. The van der Waals surface area contributed by atoms with Gasteiger partial charge in [-0.05, 0) is 20.3 Å². The average molecular weight is 272 g/mol. The molecule has 0 atom stereocenters. The molecule has 0 aromatic carbocycles. The lowest BCUT2D eigenvalue weighted by atomic mass is 10.4. The van der Waals surface area contributed by atoms with Crippen molar-refractivity contribution < 1.29 is 9.53 Å². The highest BCUT2D eigenvalue weighted by molar-refractivity contribution is 7.99. The average Bonchev–Trinajstić information content (AvgIpc) is 2.68. The zero-order valence-electron chi connectivity index (χ0n) is 11.0. The Kier molecular flexibility index (Phi) is 5.97. The third-order valence-corrected chi connectivity index (χ3v) is 3.20. The van der Waals surface area contributed by atoms with E-state index in [0.717, 1.165) is 12.8 Å². The molecule has 18 heavy (non-hydrogen) atoms. The number of thioether (sulfide) groups is 1. The fourth-order valence-electron chi connectivity index (χ4n) is 1.37. The number of carbonyl (C=O) groups excluding carboxylic acids is 1. The van der Waals surface area contributed by atoms with Gasteiger partial charge in [0.15, 0.2) is 5.16 Å². The molecular formula is C11H20N4O2S. The van der Waals surface area contributed by atoms with Crippen molar-refractivity contribution >= 4 is 23.7 Å². The second-order valence-electron chi connectivity index (χ2n) is 4.17. The standard InChI is InChI=1S/C11H20N4O2S/c1-4-5-6-17-9(16)7-18-11-14-13-10(12)15(11)8(2)3/h8H,4-7H2,1-3H3,(H2,12,13).